The van der Waals surface area contributed by atoms with Gasteiger partial charge in [0.15, 0.2) is 5.75 Å². The Balaban J connectivity index is 2.26. The molecule has 0 radical (unpaired) electrons. The minimum atomic E-state index is -0.127. The summed E-state index contributed by atoms with van der Waals surface area (Å²) in [6.07, 6.45) is 0. The van der Waals surface area contributed by atoms with Crippen LogP contribution < -0.4 is 14.2 Å². The van der Waals surface area contributed by atoms with Crippen LogP contribution in [-0.4, -0.2) is 32.1 Å². The number of pyridine rings is 1. The lowest BCUT2D eigenvalue weighted by Crippen LogP contribution is -2.14. The first-order valence-electron chi connectivity index (χ1n) is 7.48. The van der Waals surface area contributed by atoms with E-state index in [1.807, 2.05) is 30.3 Å². The molecule has 0 fully saturated rings. The number of methoxy groups -OCH3 is 3. The van der Waals surface area contributed by atoms with Gasteiger partial charge in [0, 0.05) is 21.9 Å². The number of nitrogens with zero attached hydrogens (tertiary/aromatic N) is 1. The van der Waals surface area contributed by atoms with Gasteiger partial charge in [-0.25, -0.2) is 4.98 Å². The van der Waals surface area contributed by atoms with Gasteiger partial charge < -0.3 is 14.2 Å². The quantitative estimate of drug-likeness (QED) is 0.578. The zero-order valence-electron chi connectivity index (χ0n) is 13.5. The number of hydrogen-bond donors (Lipinski definition) is 0. The molecule has 0 aliphatic heterocycles. The second-order valence-corrected chi connectivity index (χ2v) is 5.44. The molecule has 4 rings (SSSR count). The van der Waals surface area contributed by atoms with Crippen LogP contribution in [0.15, 0.2) is 36.4 Å². The lowest BCUT2D eigenvalue weighted by molar-refractivity contribution is 0.103. The predicted molar refractivity (Wildman–Crippen MR) is 90.3 cm³/mol. The number of carbonyl (C=O) groups excluding carboxylic acids is 1. The van der Waals surface area contributed by atoms with Crippen LogP contribution in [0, 0.1) is 0 Å². The van der Waals surface area contributed by atoms with Crippen molar-refractivity contribution in [3.05, 3.63) is 47.7 Å². The monoisotopic (exact) mass is 321 g/mol. The average Bonchev–Trinajstić information content (AvgIpc) is 2.64. The molecular weight excluding hydrogens is 306 g/mol. The van der Waals surface area contributed by atoms with E-state index in [-0.39, 0.29) is 5.78 Å². The van der Waals surface area contributed by atoms with Crippen LogP contribution in [0.4, 0.5) is 0 Å². The Kier molecular flexibility index (Phi) is 3.16. The fourth-order valence-electron chi connectivity index (χ4n) is 3.31. The Morgan fingerprint density at radius 2 is 1.62 bits per heavy atom. The molecule has 0 atom stereocenters. The molecule has 1 aliphatic carbocycles. The number of carbonyl (C=O) groups is 1. The Morgan fingerprint density at radius 1 is 0.875 bits per heavy atom. The highest BCUT2D eigenvalue weighted by Gasteiger charge is 2.31. The number of fused-ring (bicyclic) bond motifs is 2. The van der Waals surface area contributed by atoms with Crippen LogP contribution in [0.1, 0.15) is 16.1 Å². The van der Waals surface area contributed by atoms with Crippen molar-refractivity contribution < 1.29 is 19.0 Å². The fraction of sp³-hybridized carbons (Fsp3) is 0.158. The maximum absolute atomic E-state index is 13.0. The fourth-order valence-corrected chi connectivity index (χ4v) is 3.31. The van der Waals surface area contributed by atoms with E-state index in [0.29, 0.717) is 28.6 Å². The van der Waals surface area contributed by atoms with Crippen molar-refractivity contribution in [2.75, 3.05) is 21.3 Å². The summed E-state index contributed by atoms with van der Waals surface area (Å²) in [4.78, 5) is 17.4. The van der Waals surface area contributed by atoms with Crippen molar-refractivity contribution in [1.82, 2.24) is 4.98 Å². The van der Waals surface area contributed by atoms with Gasteiger partial charge in [-0.1, -0.05) is 24.3 Å². The number of ether oxygens (including phenoxy) is 3. The van der Waals surface area contributed by atoms with Crippen LogP contribution >= 0.6 is 0 Å². The van der Waals surface area contributed by atoms with Crippen molar-refractivity contribution in [1.29, 1.82) is 0 Å². The van der Waals surface area contributed by atoms with Crippen LogP contribution in [0.2, 0.25) is 0 Å². The van der Waals surface area contributed by atoms with Crippen molar-refractivity contribution >= 4 is 16.6 Å². The summed E-state index contributed by atoms with van der Waals surface area (Å²) < 4.78 is 16.4. The minimum absolute atomic E-state index is 0.127. The van der Waals surface area contributed by atoms with Crippen LogP contribution in [0.5, 0.6) is 17.4 Å². The summed E-state index contributed by atoms with van der Waals surface area (Å²) in [7, 11) is 4.68. The molecule has 1 heterocycles. The second kappa shape index (κ2) is 5.23. The SMILES string of the molecule is COc1ccc2c(OC)c(OC)nc3c2c1-c1ccccc1C3=O. The topological polar surface area (TPSA) is 57.6 Å². The van der Waals surface area contributed by atoms with Gasteiger partial charge in [0.2, 0.25) is 5.78 Å². The smallest absolute Gasteiger partial charge is 0.258 e. The van der Waals surface area contributed by atoms with Crippen molar-refractivity contribution in [2.45, 2.75) is 0 Å². The van der Waals surface area contributed by atoms with Crippen molar-refractivity contribution in [3.63, 3.8) is 0 Å². The van der Waals surface area contributed by atoms with E-state index < -0.39 is 0 Å². The number of rotatable bonds is 3. The highest BCUT2D eigenvalue weighted by Crippen LogP contribution is 2.48. The highest BCUT2D eigenvalue weighted by atomic mass is 16.5. The summed E-state index contributed by atoms with van der Waals surface area (Å²) in [5.74, 6) is 1.37. The molecule has 0 spiro atoms. The maximum Gasteiger partial charge on any atom is 0.258 e. The van der Waals surface area contributed by atoms with Gasteiger partial charge in [-0.05, 0) is 17.7 Å². The summed E-state index contributed by atoms with van der Waals surface area (Å²) >= 11 is 0. The molecule has 0 saturated heterocycles. The van der Waals surface area contributed by atoms with Gasteiger partial charge in [0.1, 0.15) is 11.4 Å². The highest BCUT2D eigenvalue weighted by molar-refractivity contribution is 6.26. The lowest BCUT2D eigenvalue weighted by atomic mass is 9.84. The lowest BCUT2D eigenvalue weighted by Gasteiger charge is -2.23. The Morgan fingerprint density at radius 3 is 2.29 bits per heavy atom. The van der Waals surface area contributed by atoms with Crippen molar-refractivity contribution in [3.8, 4) is 28.5 Å². The van der Waals surface area contributed by atoms with E-state index in [1.165, 1.54) is 7.11 Å². The van der Waals surface area contributed by atoms with Crippen LogP contribution in [-0.2, 0) is 0 Å². The molecule has 1 aromatic heterocycles. The molecule has 0 amide bonds. The van der Waals surface area contributed by atoms with E-state index in [1.54, 1.807) is 20.3 Å². The molecule has 0 bridgehead atoms. The van der Waals surface area contributed by atoms with Gasteiger partial charge in [-0.15, -0.1) is 0 Å². The standard InChI is InChI=1S/C19H15NO4/c1-22-13-9-8-12-15-14(13)10-6-4-5-7-11(10)17(21)16(15)20-19(24-3)18(12)23-2/h4-9H,1-3H3. The normalized spacial score (nSPS) is 12.0. The number of benzene rings is 2. The maximum atomic E-state index is 13.0. The third-order valence-corrected chi connectivity index (χ3v) is 4.33. The Labute approximate surface area is 138 Å². The summed E-state index contributed by atoms with van der Waals surface area (Å²) in [6, 6.07) is 11.2. The molecule has 3 aromatic rings. The third-order valence-electron chi connectivity index (χ3n) is 4.33. The first-order chi connectivity index (χ1) is 11.7. The molecule has 0 N–H and O–H groups in total. The zero-order valence-corrected chi connectivity index (χ0v) is 13.5. The molecule has 5 heteroatoms. The largest absolute Gasteiger partial charge is 0.496 e. The van der Waals surface area contributed by atoms with Gasteiger partial charge in [0.25, 0.3) is 5.88 Å². The summed E-state index contributed by atoms with van der Waals surface area (Å²) in [5.41, 5.74) is 2.66. The molecule has 0 unspecified atom stereocenters. The molecule has 2 aromatic carbocycles. The van der Waals surface area contributed by atoms with Gasteiger partial charge >= 0.3 is 0 Å². The van der Waals surface area contributed by atoms with Crippen LogP contribution in [0.3, 0.4) is 0 Å². The van der Waals surface area contributed by atoms with Crippen molar-refractivity contribution in [2.24, 2.45) is 0 Å². The molecule has 5 nitrogen and oxygen atoms in total. The van der Waals surface area contributed by atoms with E-state index in [0.717, 1.165) is 21.9 Å². The Hall–Kier alpha value is -3.08. The summed E-state index contributed by atoms with van der Waals surface area (Å²) in [5, 5.41) is 1.51. The van der Waals surface area contributed by atoms with E-state index in [9.17, 15) is 4.79 Å². The number of ketones is 1. The summed E-state index contributed by atoms with van der Waals surface area (Å²) in [6.45, 7) is 0. The van der Waals surface area contributed by atoms with E-state index >= 15 is 0 Å². The molecular formula is C19H15NO4. The Bertz CT molecular complexity index is 994. The first-order valence-corrected chi connectivity index (χ1v) is 7.48. The van der Waals surface area contributed by atoms with Gasteiger partial charge in [-0.2, -0.15) is 0 Å². The minimum Gasteiger partial charge on any atom is -0.496 e. The van der Waals surface area contributed by atoms with Gasteiger partial charge in [-0.3, -0.25) is 4.79 Å². The molecule has 1 aliphatic rings. The number of aromatic nitrogens is 1. The first kappa shape index (κ1) is 14.5. The molecule has 0 saturated carbocycles. The zero-order chi connectivity index (χ0) is 16.8. The van der Waals surface area contributed by atoms with E-state index in [4.69, 9.17) is 14.2 Å². The molecule has 120 valence electrons. The third kappa shape index (κ3) is 1.75. The predicted octanol–water partition coefficient (Wildman–Crippen LogP) is 3.47. The molecule has 24 heavy (non-hydrogen) atoms. The van der Waals surface area contributed by atoms with Crippen LogP contribution in [0.25, 0.3) is 21.9 Å². The number of hydrogen-bond acceptors (Lipinski definition) is 5. The average molecular weight is 321 g/mol. The van der Waals surface area contributed by atoms with Gasteiger partial charge in [0.05, 0.1) is 21.3 Å². The van der Waals surface area contributed by atoms with E-state index in [2.05, 4.69) is 4.98 Å². The second-order valence-electron chi connectivity index (χ2n) is 5.44.